The van der Waals surface area contributed by atoms with Gasteiger partial charge in [-0.25, -0.2) is 4.98 Å². The number of carbonyl (C=O) groups is 1. The van der Waals surface area contributed by atoms with Gasteiger partial charge in [-0.15, -0.1) is 11.3 Å². The highest BCUT2D eigenvalue weighted by atomic mass is 32.1. The van der Waals surface area contributed by atoms with Gasteiger partial charge in [0.2, 0.25) is 0 Å². The van der Waals surface area contributed by atoms with E-state index in [-0.39, 0.29) is 0 Å². The van der Waals surface area contributed by atoms with E-state index in [4.69, 9.17) is 0 Å². The van der Waals surface area contributed by atoms with E-state index in [1.807, 2.05) is 30.5 Å². The zero-order valence-corrected chi connectivity index (χ0v) is 9.25. The average molecular weight is 217 g/mol. The van der Waals surface area contributed by atoms with Gasteiger partial charge in [-0.2, -0.15) is 0 Å². The van der Waals surface area contributed by atoms with Crippen molar-refractivity contribution in [2.75, 3.05) is 0 Å². The van der Waals surface area contributed by atoms with Crippen molar-refractivity contribution in [1.82, 2.24) is 4.98 Å². The second-order valence-electron chi connectivity index (χ2n) is 3.19. The number of aromatic nitrogens is 1. The lowest BCUT2D eigenvalue weighted by atomic mass is 10.0. The van der Waals surface area contributed by atoms with Crippen molar-refractivity contribution < 1.29 is 4.79 Å². The predicted molar refractivity (Wildman–Crippen MR) is 62.3 cm³/mol. The molecule has 0 saturated heterocycles. The summed E-state index contributed by atoms with van der Waals surface area (Å²) in [5.41, 5.74) is 2.80. The minimum Gasteiger partial charge on any atom is -0.298 e. The molecule has 0 aliphatic rings. The van der Waals surface area contributed by atoms with Crippen LogP contribution in [0.5, 0.6) is 0 Å². The quantitative estimate of drug-likeness (QED) is 0.739. The Hall–Kier alpha value is -1.48. The Morgan fingerprint density at radius 2 is 2.33 bits per heavy atom. The molecule has 3 heteroatoms. The maximum absolute atomic E-state index is 11.1. The Kier molecular flexibility index (Phi) is 2.92. The third-order valence-corrected chi connectivity index (χ3v) is 3.16. The molecule has 15 heavy (non-hydrogen) atoms. The number of rotatable bonds is 3. The molecule has 0 aliphatic heterocycles. The number of hydrogen-bond donors (Lipinski definition) is 0. The normalized spacial score (nSPS) is 10.2. The van der Waals surface area contributed by atoms with Crippen LogP contribution in [0.15, 0.2) is 29.8 Å². The van der Waals surface area contributed by atoms with Gasteiger partial charge in [0, 0.05) is 22.7 Å². The highest BCUT2D eigenvalue weighted by molar-refractivity contribution is 7.13. The number of aryl methyl sites for hydroxylation is 1. The summed E-state index contributed by atoms with van der Waals surface area (Å²) in [6.45, 7) is 2.05. The van der Waals surface area contributed by atoms with Crippen molar-refractivity contribution in [3.63, 3.8) is 0 Å². The first-order valence-electron chi connectivity index (χ1n) is 4.83. The molecule has 0 unspecified atom stereocenters. The standard InChI is InChI=1S/C12H11NOS/c1-2-9-4-3-5-10(11(9)8-14)12-13-6-7-15-12/h3-8H,2H2,1H3. The van der Waals surface area contributed by atoms with Gasteiger partial charge in [-0.3, -0.25) is 4.79 Å². The summed E-state index contributed by atoms with van der Waals surface area (Å²) in [6, 6.07) is 5.91. The lowest BCUT2D eigenvalue weighted by Gasteiger charge is -2.05. The molecule has 0 radical (unpaired) electrons. The fourth-order valence-electron chi connectivity index (χ4n) is 1.60. The van der Waals surface area contributed by atoms with Crippen LogP contribution >= 0.6 is 11.3 Å². The molecule has 1 aromatic heterocycles. The molecule has 0 spiro atoms. The first kappa shape index (κ1) is 10.1. The zero-order valence-electron chi connectivity index (χ0n) is 8.43. The van der Waals surface area contributed by atoms with Crippen molar-refractivity contribution >= 4 is 17.6 Å². The van der Waals surface area contributed by atoms with Crippen LogP contribution in [0.25, 0.3) is 10.6 Å². The Labute approximate surface area is 92.6 Å². The summed E-state index contributed by atoms with van der Waals surface area (Å²) in [7, 11) is 0. The van der Waals surface area contributed by atoms with Gasteiger partial charge in [0.25, 0.3) is 0 Å². The van der Waals surface area contributed by atoms with Gasteiger partial charge in [0.1, 0.15) is 5.01 Å². The Morgan fingerprint density at radius 1 is 1.47 bits per heavy atom. The maximum atomic E-state index is 11.1. The minimum atomic E-state index is 0.773. The Balaban J connectivity index is 2.61. The van der Waals surface area contributed by atoms with Gasteiger partial charge in [-0.05, 0) is 12.0 Å². The third kappa shape index (κ3) is 1.83. The van der Waals surface area contributed by atoms with Crippen LogP contribution in [0, 0.1) is 0 Å². The van der Waals surface area contributed by atoms with E-state index in [1.54, 1.807) is 17.5 Å². The molecule has 1 aromatic carbocycles. The summed E-state index contributed by atoms with van der Waals surface area (Å²) in [6.07, 6.45) is 3.55. The predicted octanol–water partition coefficient (Wildman–Crippen LogP) is 3.19. The van der Waals surface area contributed by atoms with Crippen LogP contribution in [0.4, 0.5) is 0 Å². The van der Waals surface area contributed by atoms with E-state index in [2.05, 4.69) is 4.98 Å². The van der Waals surface area contributed by atoms with Crippen LogP contribution in [0.3, 0.4) is 0 Å². The lowest BCUT2D eigenvalue weighted by molar-refractivity contribution is 0.112. The van der Waals surface area contributed by atoms with Gasteiger partial charge >= 0.3 is 0 Å². The molecule has 0 amide bonds. The highest BCUT2D eigenvalue weighted by Crippen LogP contribution is 2.26. The highest BCUT2D eigenvalue weighted by Gasteiger charge is 2.09. The number of thiazole rings is 1. The summed E-state index contributed by atoms with van der Waals surface area (Å²) in [5, 5.41) is 2.83. The summed E-state index contributed by atoms with van der Waals surface area (Å²) >= 11 is 1.55. The molecule has 0 atom stereocenters. The fraction of sp³-hybridized carbons (Fsp3) is 0.167. The molecule has 2 rings (SSSR count). The summed E-state index contributed by atoms with van der Waals surface area (Å²) in [5.74, 6) is 0. The molecule has 1 heterocycles. The van der Waals surface area contributed by atoms with Crippen LogP contribution in [0.1, 0.15) is 22.8 Å². The molecular formula is C12H11NOS. The summed E-state index contributed by atoms with van der Waals surface area (Å²) in [4.78, 5) is 15.3. The number of benzene rings is 1. The number of nitrogens with zero attached hydrogens (tertiary/aromatic N) is 1. The van der Waals surface area contributed by atoms with Gasteiger partial charge in [0.05, 0.1) is 0 Å². The fourth-order valence-corrected chi connectivity index (χ4v) is 2.28. The van der Waals surface area contributed by atoms with Crippen molar-refractivity contribution in [2.45, 2.75) is 13.3 Å². The Morgan fingerprint density at radius 3 is 2.93 bits per heavy atom. The summed E-state index contributed by atoms with van der Waals surface area (Å²) < 4.78 is 0. The molecular weight excluding hydrogens is 206 g/mol. The second kappa shape index (κ2) is 4.36. The third-order valence-electron chi connectivity index (χ3n) is 2.36. The van der Waals surface area contributed by atoms with Crippen molar-refractivity contribution in [1.29, 1.82) is 0 Å². The minimum absolute atomic E-state index is 0.773. The van der Waals surface area contributed by atoms with Crippen molar-refractivity contribution in [3.8, 4) is 10.6 Å². The number of aldehydes is 1. The molecule has 0 N–H and O–H groups in total. The van der Waals surface area contributed by atoms with Crippen molar-refractivity contribution in [2.24, 2.45) is 0 Å². The topological polar surface area (TPSA) is 30.0 Å². The first-order valence-corrected chi connectivity index (χ1v) is 5.71. The molecule has 0 fully saturated rings. The monoisotopic (exact) mass is 217 g/mol. The Bertz CT molecular complexity index is 462. The van der Waals surface area contributed by atoms with E-state index < -0.39 is 0 Å². The van der Waals surface area contributed by atoms with E-state index in [0.29, 0.717) is 0 Å². The molecule has 0 aliphatic carbocycles. The van der Waals surface area contributed by atoms with E-state index in [9.17, 15) is 4.79 Å². The SMILES string of the molecule is CCc1cccc(-c2nccs2)c1C=O. The van der Waals surface area contributed by atoms with Crippen LogP contribution < -0.4 is 0 Å². The molecule has 2 aromatic rings. The average Bonchev–Trinajstić information content (AvgIpc) is 2.81. The maximum Gasteiger partial charge on any atom is 0.151 e. The van der Waals surface area contributed by atoms with E-state index in [1.165, 1.54) is 0 Å². The van der Waals surface area contributed by atoms with Gasteiger partial charge in [0.15, 0.2) is 6.29 Å². The smallest absolute Gasteiger partial charge is 0.151 e. The van der Waals surface area contributed by atoms with Crippen LogP contribution in [0.2, 0.25) is 0 Å². The largest absolute Gasteiger partial charge is 0.298 e. The molecule has 0 bridgehead atoms. The number of hydrogen-bond acceptors (Lipinski definition) is 3. The van der Waals surface area contributed by atoms with E-state index in [0.717, 1.165) is 34.4 Å². The second-order valence-corrected chi connectivity index (χ2v) is 4.08. The molecule has 76 valence electrons. The first-order chi connectivity index (χ1) is 7.36. The van der Waals surface area contributed by atoms with E-state index >= 15 is 0 Å². The molecule has 2 nitrogen and oxygen atoms in total. The van der Waals surface area contributed by atoms with Crippen LogP contribution in [-0.4, -0.2) is 11.3 Å². The number of carbonyl (C=O) groups excluding carboxylic acids is 1. The van der Waals surface area contributed by atoms with Crippen LogP contribution in [-0.2, 0) is 6.42 Å². The molecule has 0 saturated carbocycles. The van der Waals surface area contributed by atoms with Crippen molar-refractivity contribution in [3.05, 3.63) is 40.9 Å². The zero-order chi connectivity index (χ0) is 10.7. The van der Waals surface area contributed by atoms with Gasteiger partial charge in [-0.1, -0.05) is 25.1 Å². The lowest BCUT2D eigenvalue weighted by Crippen LogP contribution is -1.94. The van der Waals surface area contributed by atoms with Gasteiger partial charge < -0.3 is 0 Å².